The number of carbonyl (C=O) groups excluding carboxylic acids is 1. The Bertz CT molecular complexity index is 419. The molecular weight excluding hydrogens is 241 g/mol. The van der Waals surface area contributed by atoms with Gasteiger partial charge in [-0.1, -0.05) is 26.0 Å². The van der Waals surface area contributed by atoms with Gasteiger partial charge in [-0.05, 0) is 42.9 Å². The minimum absolute atomic E-state index is 0.0913. The van der Waals surface area contributed by atoms with E-state index in [-0.39, 0.29) is 17.6 Å². The minimum atomic E-state index is -0.180. The van der Waals surface area contributed by atoms with Gasteiger partial charge in [0.1, 0.15) is 5.82 Å². The van der Waals surface area contributed by atoms with Gasteiger partial charge in [0, 0.05) is 19.0 Å². The number of benzene rings is 1. The fraction of sp³-hybridized carbons (Fsp3) is 0.562. The van der Waals surface area contributed by atoms with Gasteiger partial charge in [0.15, 0.2) is 0 Å². The van der Waals surface area contributed by atoms with Crippen molar-refractivity contribution >= 4 is 5.91 Å². The Morgan fingerprint density at radius 2 is 1.84 bits per heavy atom. The summed E-state index contributed by atoms with van der Waals surface area (Å²) in [7, 11) is 0. The van der Waals surface area contributed by atoms with Crippen molar-refractivity contribution in [1.29, 1.82) is 0 Å². The summed E-state index contributed by atoms with van der Waals surface area (Å²) in [5, 5.41) is 0. The number of amides is 1. The summed E-state index contributed by atoms with van der Waals surface area (Å²) >= 11 is 0. The summed E-state index contributed by atoms with van der Waals surface area (Å²) in [5.74, 6) is 0.789. The highest BCUT2D eigenvalue weighted by molar-refractivity contribution is 5.78. The van der Waals surface area contributed by atoms with Gasteiger partial charge in [0.2, 0.25) is 5.91 Å². The lowest BCUT2D eigenvalue weighted by molar-refractivity contribution is -0.135. The Morgan fingerprint density at radius 3 is 2.37 bits per heavy atom. The van der Waals surface area contributed by atoms with Gasteiger partial charge in [-0.25, -0.2) is 4.39 Å². The third-order valence-corrected chi connectivity index (χ3v) is 3.86. The average molecular weight is 263 g/mol. The van der Waals surface area contributed by atoms with Crippen LogP contribution in [0.1, 0.15) is 32.3 Å². The maximum atomic E-state index is 12.8. The summed E-state index contributed by atoms with van der Waals surface area (Å²) in [6, 6.07) is 6.77. The minimum Gasteiger partial charge on any atom is -0.342 e. The predicted octanol–water partition coefficient (Wildman–Crippen LogP) is 3.26. The van der Waals surface area contributed by atoms with Gasteiger partial charge in [-0.3, -0.25) is 4.79 Å². The number of likely N-dealkylation sites (tertiary alicyclic amines) is 1. The lowest BCUT2D eigenvalue weighted by Crippen LogP contribution is -2.40. The molecule has 0 bridgehead atoms. The molecule has 1 aromatic carbocycles. The molecule has 1 heterocycles. The molecule has 1 amide bonds. The molecule has 0 unspecified atom stereocenters. The summed E-state index contributed by atoms with van der Waals surface area (Å²) in [5.41, 5.74) is 1.19. The molecule has 1 saturated heterocycles. The van der Waals surface area contributed by atoms with Crippen molar-refractivity contribution in [2.75, 3.05) is 13.1 Å². The van der Waals surface area contributed by atoms with Gasteiger partial charge < -0.3 is 4.90 Å². The zero-order valence-corrected chi connectivity index (χ0v) is 11.7. The van der Waals surface area contributed by atoms with E-state index in [1.807, 2.05) is 30.9 Å². The standard InChI is InChI=1S/C16H22FNO/c1-12(2)16(19)18-9-7-14(8-10-18)11-13-3-5-15(17)6-4-13/h3-6,12,14H,7-11H2,1-2H3. The second-order valence-corrected chi connectivity index (χ2v) is 5.75. The van der Waals surface area contributed by atoms with Gasteiger partial charge in [-0.15, -0.1) is 0 Å². The number of rotatable bonds is 3. The molecule has 0 saturated carbocycles. The molecule has 0 spiro atoms. The van der Waals surface area contributed by atoms with E-state index in [1.165, 1.54) is 17.7 Å². The highest BCUT2D eigenvalue weighted by Gasteiger charge is 2.24. The van der Waals surface area contributed by atoms with Crippen LogP contribution in [0.4, 0.5) is 4.39 Å². The zero-order chi connectivity index (χ0) is 13.8. The van der Waals surface area contributed by atoms with Crippen LogP contribution >= 0.6 is 0 Å². The molecule has 0 atom stereocenters. The summed E-state index contributed by atoms with van der Waals surface area (Å²) in [6.07, 6.45) is 3.09. The molecule has 1 aliphatic rings. The highest BCUT2D eigenvalue weighted by Crippen LogP contribution is 2.22. The molecule has 104 valence electrons. The summed E-state index contributed by atoms with van der Waals surface area (Å²) in [4.78, 5) is 13.9. The lowest BCUT2D eigenvalue weighted by Gasteiger charge is -2.33. The van der Waals surface area contributed by atoms with Crippen LogP contribution in [-0.4, -0.2) is 23.9 Å². The van der Waals surface area contributed by atoms with E-state index in [2.05, 4.69) is 0 Å². The largest absolute Gasteiger partial charge is 0.342 e. The van der Waals surface area contributed by atoms with Crippen molar-refractivity contribution in [3.05, 3.63) is 35.6 Å². The van der Waals surface area contributed by atoms with E-state index in [0.717, 1.165) is 32.4 Å². The van der Waals surface area contributed by atoms with Crippen LogP contribution in [0.5, 0.6) is 0 Å². The monoisotopic (exact) mass is 263 g/mol. The first kappa shape index (κ1) is 14.0. The van der Waals surface area contributed by atoms with Crippen LogP contribution in [0.2, 0.25) is 0 Å². The fourth-order valence-corrected chi connectivity index (χ4v) is 2.68. The Morgan fingerprint density at radius 1 is 1.26 bits per heavy atom. The maximum absolute atomic E-state index is 12.8. The van der Waals surface area contributed by atoms with Crippen molar-refractivity contribution in [2.24, 2.45) is 11.8 Å². The molecule has 19 heavy (non-hydrogen) atoms. The summed E-state index contributed by atoms with van der Waals surface area (Å²) < 4.78 is 12.8. The molecule has 0 aromatic heterocycles. The smallest absolute Gasteiger partial charge is 0.225 e. The third kappa shape index (κ3) is 3.79. The molecule has 1 aliphatic heterocycles. The van der Waals surface area contributed by atoms with Crippen LogP contribution in [0.25, 0.3) is 0 Å². The van der Waals surface area contributed by atoms with Crippen LogP contribution < -0.4 is 0 Å². The molecule has 0 radical (unpaired) electrons. The summed E-state index contributed by atoms with van der Waals surface area (Å²) in [6.45, 7) is 5.63. The van der Waals surface area contributed by atoms with Gasteiger partial charge >= 0.3 is 0 Å². The topological polar surface area (TPSA) is 20.3 Å². The Hall–Kier alpha value is -1.38. The van der Waals surface area contributed by atoms with Crippen molar-refractivity contribution in [2.45, 2.75) is 33.1 Å². The second-order valence-electron chi connectivity index (χ2n) is 5.75. The van der Waals surface area contributed by atoms with Crippen LogP contribution in [-0.2, 0) is 11.2 Å². The predicted molar refractivity (Wildman–Crippen MR) is 74.2 cm³/mol. The number of hydrogen-bond acceptors (Lipinski definition) is 1. The third-order valence-electron chi connectivity index (χ3n) is 3.86. The molecule has 0 N–H and O–H groups in total. The first-order valence-electron chi connectivity index (χ1n) is 7.09. The lowest BCUT2D eigenvalue weighted by atomic mass is 9.90. The second kappa shape index (κ2) is 6.18. The van der Waals surface area contributed by atoms with E-state index >= 15 is 0 Å². The van der Waals surface area contributed by atoms with Crippen molar-refractivity contribution in [3.63, 3.8) is 0 Å². The van der Waals surface area contributed by atoms with Gasteiger partial charge in [-0.2, -0.15) is 0 Å². The molecule has 2 nitrogen and oxygen atoms in total. The Kier molecular flexibility index (Phi) is 4.56. The normalized spacial score (nSPS) is 16.9. The first-order valence-corrected chi connectivity index (χ1v) is 7.09. The van der Waals surface area contributed by atoms with Crippen LogP contribution in [0.3, 0.4) is 0 Å². The van der Waals surface area contributed by atoms with Crippen LogP contribution in [0.15, 0.2) is 24.3 Å². The highest BCUT2D eigenvalue weighted by atomic mass is 19.1. The molecule has 2 rings (SSSR count). The van der Waals surface area contributed by atoms with E-state index in [4.69, 9.17) is 0 Å². The maximum Gasteiger partial charge on any atom is 0.225 e. The average Bonchev–Trinajstić information content (AvgIpc) is 2.41. The van der Waals surface area contributed by atoms with E-state index in [1.54, 1.807) is 0 Å². The van der Waals surface area contributed by atoms with Gasteiger partial charge in [0.25, 0.3) is 0 Å². The van der Waals surface area contributed by atoms with Gasteiger partial charge in [0.05, 0.1) is 0 Å². The number of piperidine rings is 1. The Labute approximate surface area is 114 Å². The van der Waals surface area contributed by atoms with Crippen molar-refractivity contribution < 1.29 is 9.18 Å². The number of carbonyl (C=O) groups is 1. The number of hydrogen-bond donors (Lipinski definition) is 0. The van der Waals surface area contributed by atoms with E-state index in [9.17, 15) is 9.18 Å². The quantitative estimate of drug-likeness (QED) is 0.819. The molecule has 3 heteroatoms. The van der Waals surface area contributed by atoms with Crippen molar-refractivity contribution in [3.8, 4) is 0 Å². The number of nitrogens with zero attached hydrogens (tertiary/aromatic N) is 1. The molecule has 1 fully saturated rings. The van der Waals surface area contributed by atoms with Crippen molar-refractivity contribution in [1.82, 2.24) is 4.90 Å². The first-order chi connectivity index (χ1) is 9.06. The molecule has 0 aliphatic carbocycles. The molecular formula is C16H22FNO. The Balaban J connectivity index is 1.83. The number of halogens is 1. The van der Waals surface area contributed by atoms with Crippen LogP contribution in [0, 0.1) is 17.7 Å². The van der Waals surface area contributed by atoms with E-state index < -0.39 is 0 Å². The molecule has 1 aromatic rings. The fourth-order valence-electron chi connectivity index (χ4n) is 2.68. The zero-order valence-electron chi connectivity index (χ0n) is 11.7. The SMILES string of the molecule is CC(C)C(=O)N1CCC(Cc2ccc(F)cc2)CC1. The van der Waals surface area contributed by atoms with E-state index in [0.29, 0.717) is 5.92 Å².